The molecule has 3 aliphatic heterocycles. The molecule has 3 aromatic rings. The molecule has 230 valence electrons. The fourth-order valence-electron chi connectivity index (χ4n) is 6.88. The van der Waals surface area contributed by atoms with E-state index in [1.165, 1.54) is 17.7 Å². The minimum Gasteiger partial charge on any atom is -0.370 e. The van der Waals surface area contributed by atoms with Crippen LogP contribution in [0.2, 0.25) is 5.02 Å². The Morgan fingerprint density at radius 3 is 2.28 bits per heavy atom. The highest BCUT2D eigenvalue weighted by Crippen LogP contribution is 2.37. The van der Waals surface area contributed by atoms with Crippen LogP contribution in [0.5, 0.6) is 0 Å². The third-order valence-corrected chi connectivity index (χ3v) is 9.34. The van der Waals surface area contributed by atoms with E-state index in [1.54, 1.807) is 18.2 Å². The highest BCUT2D eigenvalue weighted by molar-refractivity contribution is 6.30. The van der Waals surface area contributed by atoms with E-state index in [0.29, 0.717) is 29.8 Å². The lowest BCUT2D eigenvalue weighted by Gasteiger charge is -2.42. The van der Waals surface area contributed by atoms with Crippen molar-refractivity contribution in [1.29, 1.82) is 0 Å². The van der Waals surface area contributed by atoms with Crippen LogP contribution in [0.25, 0.3) is 0 Å². The predicted octanol–water partition coefficient (Wildman–Crippen LogP) is 5.56. The van der Waals surface area contributed by atoms with Gasteiger partial charge in [0.15, 0.2) is 0 Å². The number of nitrogens with zero attached hydrogens (tertiary/aromatic N) is 5. The topological polar surface area (TPSA) is 37.9 Å². The molecular weight excluding hydrogens is 580 g/mol. The Hall–Kier alpha value is -2.92. The van der Waals surface area contributed by atoms with Crippen LogP contribution in [0.4, 0.5) is 29.1 Å². The Morgan fingerprint density at radius 1 is 0.860 bits per heavy atom. The number of anilines is 2. The lowest BCUT2D eigenvalue weighted by molar-refractivity contribution is -0.141. The van der Waals surface area contributed by atoms with E-state index in [4.69, 9.17) is 11.6 Å². The van der Waals surface area contributed by atoms with Gasteiger partial charge in [-0.25, -0.2) is 9.37 Å². The monoisotopic (exact) mass is 616 g/mol. The van der Waals surface area contributed by atoms with Crippen molar-refractivity contribution in [3.63, 3.8) is 0 Å². The van der Waals surface area contributed by atoms with Gasteiger partial charge in [0.25, 0.3) is 0 Å². The average molecular weight is 617 g/mol. The van der Waals surface area contributed by atoms with Gasteiger partial charge in [-0.05, 0) is 60.4 Å². The maximum Gasteiger partial charge on any atom is 0.433 e. The lowest BCUT2D eigenvalue weighted by atomic mass is 9.89. The molecule has 6 rings (SSSR count). The van der Waals surface area contributed by atoms with E-state index in [9.17, 15) is 17.6 Å². The van der Waals surface area contributed by atoms with Crippen molar-refractivity contribution in [1.82, 2.24) is 20.1 Å². The lowest BCUT2D eigenvalue weighted by Crippen LogP contribution is -2.53. The summed E-state index contributed by atoms with van der Waals surface area (Å²) in [6.07, 6.45) is -3.53. The van der Waals surface area contributed by atoms with Crippen molar-refractivity contribution < 1.29 is 17.6 Å². The number of aromatic nitrogens is 1. The number of benzene rings is 2. The van der Waals surface area contributed by atoms with E-state index in [1.807, 2.05) is 23.1 Å². The molecule has 4 heterocycles. The second-order valence-electron chi connectivity index (χ2n) is 11.7. The van der Waals surface area contributed by atoms with E-state index >= 15 is 0 Å². The van der Waals surface area contributed by atoms with Crippen LogP contribution in [0.3, 0.4) is 0 Å². The minimum atomic E-state index is -4.47. The van der Waals surface area contributed by atoms with Gasteiger partial charge in [0.05, 0.1) is 0 Å². The van der Waals surface area contributed by atoms with E-state index in [-0.39, 0.29) is 17.9 Å². The fourth-order valence-corrected chi connectivity index (χ4v) is 7.01. The molecule has 2 aromatic carbocycles. The van der Waals surface area contributed by atoms with Crippen LogP contribution in [0.1, 0.15) is 23.7 Å². The number of rotatable bonds is 7. The Morgan fingerprint density at radius 2 is 1.58 bits per heavy atom. The summed E-state index contributed by atoms with van der Waals surface area (Å²) in [5.41, 5.74) is 1.26. The number of halogens is 5. The van der Waals surface area contributed by atoms with Gasteiger partial charge in [-0.1, -0.05) is 35.9 Å². The van der Waals surface area contributed by atoms with Crippen molar-refractivity contribution >= 4 is 23.1 Å². The van der Waals surface area contributed by atoms with Crippen LogP contribution >= 0.6 is 11.6 Å². The number of hydrogen-bond acceptors (Lipinski definition) is 6. The maximum absolute atomic E-state index is 14.2. The number of alkyl halides is 3. The van der Waals surface area contributed by atoms with E-state index < -0.39 is 11.9 Å². The van der Waals surface area contributed by atoms with Crippen molar-refractivity contribution in [3.8, 4) is 0 Å². The zero-order valence-electron chi connectivity index (χ0n) is 24.0. The van der Waals surface area contributed by atoms with Crippen LogP contribution in [0, 0.1) is 11.7 Å². The van der Waals surface area contributed by atoms with Gasteiger partial charge < -0.3 is 15.1 Å². The van der Waals surface area contributed by atoms with Gasteiger partial charge in [-0.15, -0.1) is 0 Å². The molecule has 0 bridgehead atoms. The van der Waals surface area contributed by atoms with Gasteiger partial charge >= 0.3 is 6.18 Å². The molecule has 3 fully saturated rings. The Bertz CT molecular complexity index is 1360. The standard InChI is InChI=1S/C32H37ClF4N6/c33-25-9-7-23(8-10-25)28(40-13-11-38-12-14-40)19-24-21-43(27-4-1-3-26(34)20-27)22-29(24)41-15-17-42(18-16-41)31-6-2-5-30(39-31)32(35,36)37/h1-10,20,24,28-29,38H,11-19,21-22H2. The maximum atomic E-state index is 14.2. The third kappa shape index (κ3) is 7.09. The van der Waals surface area contributed by atoms with Crippen LogP contribution in [-0.2, 0) is 6.18 Å². The van der Waals surface area contributed by atoms with Crippen molar-refractivity contribution in [3.05, 3.63) is 88.8 Å². The molecule has 3 atom stereocenters. The average Bonchev–Trinajstić information content (AvgIpc) is 3.45. The number of piperazine rings is 2. The summed E-state index contributed by atoms with van der Waals surface area (Å²) < 4.78 is 54.1. The molecule has 3 unspecified atom stereocenters. The van der Waals surface area contributed by atoms with Gasteiger partial charge in [0.1, 0.15) is 17.3 Å². The molecule has 0 radical (unpaired) electrons. The molecule has 0 spiro atoms. The molecule has 3 saturated heterocycles. The zero-order valence-corrected chi connectivity index (χ0v) is 24.7. The summed E-state index contributed by atoms with van der Waals surface area (Å²) in [7, 11) is 0. The summed E-state index contributed by atoms with van der Waals surface area (Å²) in [5.74, 6) is 0.414. The molecule has 3 aliphatic rings. The zero-order chi connectivity index (χ0) is 30.0. The first-order chi connectivity index (χ1) is 20.7. The Balaban J connectivity index is 1.23. The molecule has 0 amide bonds. The van der Waals surface area contributed by atoms with Gasteiger partial charge in [-0.2, -0.15) is 13.2 Å². The van der Waals surface area contributed by atoms with E-state index in [0.717, 1.165) is 70.5 Å². The molecule has 1 aromatic heterocycles. The molecule has 1 N–H and O–H groups in total. The SMILES string of the molecule is Fc1cccc(N2CC(CC(c3ccc(Cl)cc3)N3CCNCC3)C(N3CCN(c4cccc(C(F)(F)F)n4)CC3)C2)c1. The normalized spacial score (nSPS) is 23.1. The summed E-state index contributed by atoms with van der Waals surface area (Å²) in [6, 6.07) is 19.5. The predicted molar refractivity (Wildman–Crippen MR) is 162 cm³/mol. The second-order valence-corrected chi connectivity index (χ2v) is 12.1. The fraction of sp³-hybridized carbons (Fsp3) is 0.469. The third-order valence-electron chi connectivity index (χ3n) is 9.09. The molecule has 0 aliphatic carbocycles. The molecule has 6 nitrogen and oxygen atoms in total. The first-order valence-electron chi connectivity index (χ1n) is 15.0. The highest BCUT2D eigenvalue weighted by atomic mass is 35.5. The highest BCUT2D eigenvalue weighted by Gasteiger charge is 2.41. The smallest absolute Gasteiger partial charge is 0.370 e. The molecular formula is C32H37ClF4N6. The number of pyridine rings is 1. The quantitative estimate of drug-likeness (QED) is 0.351. The summed E-state index contributed by atoms with van der Waals surface area (Å²) in [6.45, 7) is 8.00. The van der Waals surface area contributed by atoms with E-state index in [2.05, 4.69) is 37.1 Å². The van der Waals surface area contributed by atoms with Crippen LogP contribution in [-0.4, -0.2) is 86.3 Å². The second kappa shape index (κ2) is 13.0. The van der Waals surface area contributed by atoms with Crippen LogP contribution < -0.4 is 15.1 Å². The Labute approximate surface area is 255 Å². The summed E-state index contributed by atoms with van der Waals surface area (Å²) in [5, 5.41) is 4.18. The molecule has 11 heteroatoms. The number of nitrogens with one attached hydrogen (secondary N) is 1. The first-order valence-corrected chi connectivity index (χ1v) is 15.4. The Kier molecular flexibility index (Phi) is 9.09. The molecule has 43 heavy (non-hydrogen) atoms. The van der Waals surface area contributed by atoms with Gasteiger partial charge in [0, 0.05) is 88.2 Å². The number of hydrogen-bond donors (Lipinski definition) is 1. The summed E-state index contributed by atoms with van der Waals surface area (Å²) >= 11 is 6.25. The summed E-state index contributed by atoms with van der Waals surface area (Å²) in [4.78, 5) is 13.2. The van der Waals surface area contributed by atoms with Gasteiger partial charge in [-0.3, -0.25) is 9.80 Å². The molecule has 0 saturated carbocycles. The van der Waals surface area contributed by atoms with Crippen molar-refractivity contribution in [2.45, 2.75) is 24.7 Å². The van der Waals surface area contributed by atoms with Gasteiger partial charge in [0.2, 0.25) is 0 Å². The van der Waals surface area contributed by atoms with Crippen LogP contribution in [0.15, 0.2) is 66.7 Å². The van der Waals surface area contributed by atoms with Crippen molar-refractivity contribution in [2.24, 2.45) is 5.92 Å². The first kappa shape index (κ1) is 30.1. The largest absolute Gasteiger partial charge is 0.433 e. The minimum absolute atomic E-state index is 0.218. The van der Waals surface area contributed by atoms with Crippen molar-refractivity contribution in [2.75, 3.05) is 75.2 Å².